The number of hydrogen-bond donors (Lipinski definition) is 1. The lowest BCUT2D eigenvalue weighted by Gasteiger charge is -2.38. The fourth-order valence-corrected chi connectivity index (χ4v) is 2.04. The molecule has 0 aromatic rings. The maximum absolute atomic E-state index is 12.3. The number of allylic oxidation sites excluding steroid dienone is 4. The number of amides is 1. The van der Waals surface area contributed by atoms with Crippen molar-refractivity contribution < 1.29 is 4.79 Å². The molecule has 2 heterocycles. The van der Waals surface area contributed by atoms with Gasteiger partial charge in [-0.25, -0.2) is 0 Å². The maximum atomic E-state index is 12.3. The van der Waals surface area contributed by atoms with Crippen molar-refractivity contribution in [3.63, 3.8) is 0 Å². The van der Waals surface area contributed by atoms with Gasteiger partial charge in [-0.2, -0.15) is 0 Å². The number of carbonyl (C=O) groups excluding carboxylic acids is 1. The predicted molar refractivity (Wildman–Crippen MR) is 68.7 cm³/mol. The van der Waals surface area contributed by atoms with Gasteiger partial charge in [-0.1, -0.05) is 12.2 Å². The van der Waals surface area contributed by atoms with Gasteiger partial charge in [0.05, 0.1) is 17.5 Å². The van der Waals surface area contributed by atoms with Crippen molar-refractivity contribution in [2.75, 3.05) is 13.1 Å². The van der Waals surface area contributed by atoms with Gasteiger partial charge in [-0.05, 0) is 27.2 Å². The Bertz CT molecular complexity index is 418. The van der Waals surface area contributed by atoms with E-state index in [0.29, 0.717) is 6.54 Å². The first kappa shape index (κ1) is 12.0. The summed E-state index contributed by atoms with van der Waals surface area (Å²) in [4.78, 5) is 18.4. The summed E-state index contributed by atoms with van der Waals surface area (Å²) >= 11 is 0. The summed E-state index contributed by atoms with van der Waals surface area (Å²) in [7, 11) is 0. The topological polar surface area (TPSA) is 44.7 Å². The van der Waals surface area contributed by atoms with Crippen LogP contribution in [0.3, 0.4) is 0 Å². The van der Waals surface area contributed by atoms with Crippen LogP contribution in [-0.4, -0.2) is 35.7 Å². The molecule has 0 bridgehead atoms. The average molecular weight is 233 g/mol. The summed E-state index contributed by atoms with van der Waals surface area (Å²) in [6.07, 6.45) is 6.73. The zero-order chi connectivity index (χ0) is 12.5. The molecule has 1 amide bonds. The zero-order valence-corrected chi connectivity index (χ0v) is 10.7. The van der Waals surface area contributed by atoms with Crippen LogP contribution in [0.2, 0.25) is 0 Å². The third-order valence-electron chi connectivity index (χ3n) is 3.13. The van der Waals surface area contributed by atoms with Crippen LogP contribution in [0.4, 0.5) is 0 Å². The number of piperazine rings is 1. The molecular formula is C13H19N3O. The molecule has 92 valence electrons. The molecule has 4 heteroatoms. The monoisotopic (exact) mass is 233 g/mol. The van der Waals surface area contributed by atoms with E-state index in [0.717, 1.165) is 24.4 Å². The molecule has 0 aromatic heterocycles. The molecule has 0 aliphatic carbocycles. The van der Waals surface area contributed by atoms with Crippen molar-refractivity contribution >= 4 is 12.1 Å². The molecule has 2 aliphatic rings. The minimum atomic E-state index is -0.484. The van der Waals surface area contributed by atoms with E-state index in [1.165, 1.54) is 0 Å². The lowest BCUT2D eigenvalue weighted by atomic mass is 10.0. The molecule has 0 aromatic carbocycles. The molecule has 4 nitrogen and oxygen atoms in total. The standard InChI is InChI=1S/C13H19N3O/c1-10-5-4-6-11(9-14-10)16-8-7-15-13(2,3)12(16)17/h5-6,9,15H,4,7-8H2,1-3H3. The SMILES string of the molecule is CC1=CCC=C(N2CCNC(C)(C)C2=O)C=N1. The zero-order valence-electron chi connectivity index (χ0n) is 10.7. The first-order chi connectivity index (χ1) is 8.00. The van der Waals surface area contributed by atoms with Crippen LogP contribution >= 0.6 is 0 Å². The van der Waals surface area contributed by atoms with E-state index >= 15 is 0 Å². The molecular weight excluding hydrogens is 214 g/mol. The molecule has 2 aliphatic heterocycles. The van der Waals surface area contributed by atoms with Gasteiger partial charge in [0.2, 0.25) is 5.91 Å². The van der Waals surface area contributed by atoms with E-state index in [1.807, 2.05) is 25.7 Å². The van der Waals surface area contributed by atoms with Crippen molar-refractivity contribution in [3.05, 3.63) is 23.5 Å². The Morgan fingerprint density at radius 1 is 1.41 bits per heavy atom. The van der Waals surface area contributed by atoms with E-state index < -0.39 is 5.54 Å². The van der Waals surface area contributed by atoms with Crippen LogP contribution in [-0.2, 0) is 4.79 Å². The molecule has 0 unspecified atom stereocenters. The number of aliphatic imine (C=N–C) groups is 1. The summed E-state index contributed by atoms with van der Waals surface area (Å²) < 4.78 is 0. The third-order valence-corrected chi connectivity index (χ3v) is 3.13. The highest BCUT2D eigenvalue weighted by molar-refractivity contribution is 5.93. The summed E-state index contributed by atoms with van der Waals surface area (Å²) in [5.41, 5.74) is 1.43. The van der Waals surface area contributed by atoms with Gasteiger partial charge in [0.1, 0.15) is 0 Å². The first-order valence-corrected chi connectivity index (χ1v) is 5.99. The Morgan fingerprint density at radius 2 is 2.18 bits per heavy atom. The number of nitrogens with one attached hydrogen (secondary N) is 1. The molecule has 1 saturated heterocycles. The Labute approximate surface area is 102 Å². The quantitative estimate of drug-likeness (QED) is 0.745. The van der Waals surface area contributed by atoms with Gasteiger partial charge in [0.25, 0.3) is 0 Å². The van der Waals surface area contributed by atoms with E-state index in [2.05, 4.69) is 22.5 Å². The van der Waals surface area contributed by atoms with Crippen molar-refractivity contribution in [2.24, 2.45) is 4.99 Å². The van der Waals surface area contributed by atoms with Crippen LogP contribution in [0.5, 0.6) is 0 Å². The lowest BCUT2D eigenvalue weighted by Crippen LogP contribution is -2.60. The number of carbonyl (C=O) groups is 1. The second-order valence-corrected chi connectivity index (χ2v) is 4.98. The van der Waals surface area contributed by atoms with Gasteiger partial charge in [0.15, 0.2) is 0 Å². The summed E-state index contributed by atoms with van der Waals surface area (Å²) in [5, 5.41) is 3.23. The fraction of sp³-hybridized carbons (Fsp3) is 0.538. The normalized spacial score (nSPS) is 24.2. The van der Waals surface area contributed by atoms with Gasteiger partial charge in [0, 0.05) is 18.8 Å². The lowest BCUT2D eigenvalue weighted by molar-refractivity contribution is -0.137. The number of hydrogen-bond acceptors (Lipinski definition) is 3. The molecule has 0 saturated carbocycles. The predicted octanol–water partition coefficient (Wildman–Crippen LogP) is 1.46. The Kier molecular flexibility index (Phi) is 3.15. The number of rotatable bonds is 1. The third kappa shape index (κ3) is 2.47. The maximum Gasteiger partial charge on any atom is 0.246 e. The van der Waals surface area contributed by atoms with Crippen molar-refractivity contribution in [1.29, 1.82) is 0 Å². The van der Waals surface area contributed by atoms with E-state index in [4.69, 9.17) is 0 Å². The van der Waals surface area contributed by atoms with Crippen molar-refractivity contribution in [2.45, 2.75) is 32.7 Å². The van der Waals surface area contributed by atoms with Crippen LogP contribution in [0.1, 0.15) is 27.2 Å². The molecule has 2 rings (SSSR count). The summed E-state index contributed by atoms with van der Waals surface area (Å²) in [6, 6.07) is 0. The van der Waals surface area contributed by atoms with Gasteiger partial charge >= 0.3 is 0 Å². The molecule has 17 heavy (non-hydrogen) atoms. The van der Waals surface area contributed by atoms with E-state index in [1.54, 1.807) is 6.21 Å². The second-order valence-electron chi connectivity index (χ2n) is 4.98. The van der Waals surface area contributed by atoms with Crippen molar-refractivity contribution in [3.8, 4) is 0 Å². The van der Waals surface area contributed by atoms with Crippen molar-refractivity contribution in [1.82, 2.24) is 10.2 Å². The summed E-state index contributed by atoms with van der Waals surface area (Å²) in [6.45, 7) is 7.32. The molecule has 0 atom stereocenters. The molecule has 1 fully saturated rings. The largest absolute Gasteiger partial charge is 0.308 e. The molecule has 0 radical (unpaired) electrons. The Hall–Kier alpha value is -1.42. The highest BCUT2D eigenvalue weighted by Gasteiger charge is 2.36. The highest BCUT2D eigenvalue weighted by atomic mass is 16.2. The molecule has 0 spiro atoms. The minimum absolute atomic E-state index is 0.112. The van der Waals surface area contributed by atoms with Crippen LogP contribution < -0.4 is 5.32 Å². The van der Waals surface area contributed by atoms with Gasteiger partial charge < -0.3 is 10.2 Å². The smallest absolute Gasteiger partial charge is 0.246 e. The van der Waals surface area contributed by atoms with E-state index in [9.17, 15) is 4.79 Å². The van der Waals surface area contributed by atoms with Crippen LogP contribution in [0.15, 0.2) is 28.5 Å². The van der Waals surface area contributed by atoms with Crippen LogP contribution in [0.25, 0.3) is 0 Å². The van der Waals surface area contributed by atoms with Gasteiger partial charge in [-0.3, -0.25) is 9.79 Å². The van der Waals surface area contributed by atoms with Crippen LogP contribution in [0, 0.1) is 0 Å². The minimum Gasteiger partial charge on any atom is -0.308 e. The van der Waals surface area contributed by atoms with E-state index in [-0.39, 0.29) is 5.91 Å². The summed E-state index contributed by atoms with van der Waals surface area (Å²) in [5.74, 6) is 0.112. The Balaban J connectivity index is 2.21. The second kappa shape index (κ2) is 4.45. The Morgan fingerprint density at radius 3 is 2.94 bits per heavy atom. The fourth-order valence-electron chi connectivity index (χ4n) is 2.04. The highest BCUT2D eigenvalue weighted by Crippen LogP contribution is 2.18. The average Bonchev–Trinajstić information content (AvgIpc) is 2.47. The first-order valence-electron chi connectivity index (χ1n) is 5.99. The van der Waals surface area contributed by atoms with Gasteiger partial charge in [-0.15, -0.1) is 0 Å². The number of nitrogens with zero attached hydrogens (tertiary/aromatic N) is 2. The molecule has 1 N–H and O–H groups in total.